The first kappa shape index (κ1) is 32.7. The first-order chi connectivity index (χ1) is 22.4. The van der Waals surface area contributed by atoms with Crippen molar-refractivity contribution >= 4 is 5.97 Å². The van der Waals surface area contributed by atoms with Crippen LogP contribution in [0.1, 0.15) is 93.4 Å². The number of carbonyl (C=O) groups excluding carboxylic acids is 1. The van der Waals surface area contributed by atoms with Crippen molar-refractivity contribution in [3.8, 4) is 0 Å². The number of allylic oxidation sites excluding steroid dienone is 2. The van der Waals surface area contributed by atoms with Gasteiger partial charge in [-0.15, -0.1) is 0 Å². The molecule has 11 nitrogen and oxygen atoms in total. The lowest BCUT2D eigenvalue weighted by Gasteiger charge is -2.62. The molecule has 9 aliphatic rings. The van der Waals surface area contributed by atoms with Crippen LogP contribution >= 0.6 is 0 Å². The van der Waals surface area contributed by atoms with Crippen molar-refractivity contribution in [2.45, 2.75) is 160 Å². The number of hydrogen-bond acceptors (Lipinski definition) is 11. The number of hydrogen-bond donors (Lipinski definition) is 4. The van der Waals surface area contributed by atoms with Gasteiger partial charge in [-0.05, 0) is 74.0 Å². The van der Waals surface area contributed by atoms with Crippen LogP contribution in [-0.2, 0) is 33.2 Å². The third-order valence-corrected chi connectivity index (χ3v) is 16.1. The van der Waals surface area contributed by atoms with E-state index in [9.17, 15) is 25.2 Å². The molecule has 5 aliphatic carbocycles. The molecule has 4 saturated heterocycles. The molecule has 3 spiro atoms. The molecule has 0 radical (unpaired) electrons. The molecule has 4 aliphatic heterocycles. The van der Waals surface area contributed by atoms with Gasteiger partial charge in [0.05, 0.1) is 18.8 Å². The number of fused-ring (bicyclic) bond motifs is 6. The maximum atomic E-state index is 12.9. The quantitative estimate of drug-likeness (QED) is 0.198. The van der Waals surface area contributed by atoms with Crippen LogP contribution in [0.5, 0.6) is 0 Å². The summed E-state index contributed by atoms with van der Waals surface area (Å²) in [6, 6.07) is 0. The van der Waals surface area contributed by atoms with E-state index in [0.29, 0.717) is 12.3 Å². The van der Waals surface area contributed by atoms with Gasteiger partial charge in [-0.3, -0.25) is 4.79 Å². The molecule has 4 N–H and O–H groups in total. The molecule has 11 heteroatoms. The molecule has 0 aromatic carbocycles. The van der Waals surface area contributed by atoms with Gasteiger partial charge in [0.1, 0.15) is 36.1 Å². The summed E-state index contributed by atoms with van der Waals surface area (Å²) in [5.74, 6) is -0.600. The van der Waals surface area contributed by atoms with Crippen molar-refractivity contribution in [2.24, 2.45) is 44.8 Å². The van der Waals surface area contributed by atoms with Crippen molar-refractivity contribution in [1.82, 2.24) is 0 Å². The van der Waals surface area contributed by atoms with E-state index in [1.54, 1.807) is 0 Å². The van der Waals surface area contributed by atoms with Crippen LogP contribution in [0.15, 0.2) is 11.6 Å². The van der Waals surface area contributed by atoms with Crippen LogP contribution in [0.2, 0.25) is 0 Å². The summed E-state index contributed by atoms with van der Waals surface area (Å²) in [6.45, 7) is 14.9. The minimum atomic E-state index is -1.32. The predicted octanol–water partition coefficient (Wildman–Crippen LogP) is 2.95. The Morgan fingerprint density at radius 1 is 0.958 bits per heavy atom. The van der Waals surface area contributed by atoms with E-state index in [1.165, 1.54) is 12.5 Å². The molecule has 0 aromatic rings. The first-order valence-corrected chi connectivity index (χ1v) is 18.3. The molecule has 4 heterocycles. The van der Waals surface area contributed by atoms with Crippen LogP contribution in [0.25, 0.3) is 0 Å². The molecule has 268 valence electrons. The Morgan fingerprint density at radius 2 is 1.71 bits per heavy atom. The highest BCUT2D eigenvalue weighted by Gasteiger charge is 2.85. The Kier molecular flexibility index (Phi) is 6.57. The highest BCUT2D eigenvalue weighted by Crippen LogP contribution is 2.88. The van der Waals surface area contributed by atoms with Crippen molar-refractivity contribution in [1.29, 1.82) is 0 Å². The van der Waals surface area contributed by atoms with E-state index in [2.05, 4.69) is 40.7 Å². The SMILES string of the molecule is CC(=O)O[C@@H]1C[C@]23C[C@@]24CC[C@H](O[C@@H]2OC[C@@H](O)[C@H](O)[C@H]2O)C(C)(C)[C@@H]4CC=C3[C@]2(C)C[C@@H]3OC4(C[C@@H](C)[C@@H]3[C@@]12C)OC(O)C1(C)OC41. The third-order valence-electron chi connectivity index (χ3n) is 16.1. The predicted molar refractivity (Wildman–Crippen MR) is 168 cm³/mol. The minimum Gasteiger partial charge on any atom is -0.462 e. The number of esters is 1. The smallest absolute Gasteiger partial charge is 0.302 e. The molecule has 4 saturated carbocycles. The fourth-order valence-corrected chi connectivity index (χ4v) is 13.8. The molecule has 0 amide bonds. The molecular weight excluding hydrogens is 620 g/mol. The van der Waals surface area contributed by atoms with Crippen LogP contribution in [0.3, 0.4) is 0 Å². The van der Waals surface area contributed by atoms with Gasteiger partial charge < -0.3 is 48.8 Å². The second kappa shape index (κ2) is 9.63. The van der Waals surface area contributed by atoms with Crippen LogP contribution in [0, 0.1) is 44.8 Å². The number of ether oxygens (including phenoxy) is 6. The molecule has 18 atom stereocenters. The number of aliphatic hydroxyl groups excluding tert-OH is 4. The lowest BCUT2D eigenvalue weighted by atomic mass is 9.44. The van der Waals surface area contributed by atoms with Gasteiger partial charge in [0.25, 0.3) is 0 Å². The van der Waals surface area contributed by atoms with E-state index in [-0.39, 0.29) is 75.9 Å². The summed E-state index contributed by atoms with van der Waals surface area (Å²) in [6.07, 6.45) is 1.68. The maximum absolute atomic E-state index is 12.9. The summed E-state index contributed by atoms with van der Waals surface area (Å²) in [5, 5.41) is 41.7. The highest BCUT2D eigenvalue weighted by atomic mass is 16.8. The Balaban J connectivity index is 1.06. The lowest BCUT2D eigenvalue weighted by molar-refractivity contribution is -0.345. The topological polar surface area (TPSA) is 157 Å². The monoisotopic (exact) mass is 674 g/mol. The summed E-state index contributed by atoms with van der Waals surface area (Å²) < 4.78 is 37.8. The van der Waals surface area contributed by atoms with Crippen LogP contribution in [0.4, 0.5) is 0 Å². The van der Waals surface area contributed by atoms with E-state index in [4.69, 9.17) is 28.4 Å². The van der Waals surface area contributed by atoms with Gasteiger partial charge in [0.15, 0.2) is 12.6 Å². The Bertz CT molecular complexity index is 1450. The molecule has 48 heavy (non-hydrogen) atoms. The van der Waals surface area contributed by atoms with E-state index < -0.39 is 42.3 Å². The zero-order valence-electron chi connectivity index (χ0n) is 29.3. The van der Waals surface area contributed by atoms with E-state index in [0.717, 1.165) is 38.5 Å². The van der Waals surface area contributed by atoms with Crippen molar-refractivity contribution in [2.75, 3.05) is 6.61 Å². The number of epoxide rings is 1. The van der Waals surface area contributed by atoms with Crippen molar-refractivity contribution in [3.63, 3.8) is 0 Å². The summed E-state index contributed by atoms with van der Waals surface area (Å²) in [4.78, 5) is 12.9. The zero-order chi connectivity index (χ0) is 34.2. The molecule has 4 unspecified atom stereocenters. The van der Waals surface area contributed by atoms with Crippen LogP contribution in [-0.4, -0.2) is 99.7 Å². The van der Waals surface area contributed by atoms with Gasteiger partial charge in [0.2, 0.25) is 5.79 Å². The largest absolute Gasteiger partial charge is 0.462 e. The normalized spacial score (nSPS) is 61.6. The molecule has 9 rings (SSSR count). The number of carbonyl (C=O) groups is 1. The molecule has 0 bridgehead atoms. The maximum Gasteiger partial charge on any atom is 0.302 e. The highest BCUT2D eigenvalue weighted by molar-refractivity contribution is 5.66. The molecule has 8 fully saturated rings. The van der Waals surface area contributed by atoms with Gasteiger partial charge in [-0.2, -0.15) is 0 Å². The zero-order valence-corrected chi connectivity index (χ0v) is 29.3. The Morgan fingerprint density at radius 3 is 2.38 bits per heavy atom. The van der Waals surface area contributed by atoms with Crippen molar-refractivity contribution < 1.29 is 53.6 Å². The lowest BCUT2D eigenvalue weighted by Crippen LogP contribution is -2.61. The second-order valence-electron chi connectivity index (χ2n) is 18.5. The van der Waals surface area contributed by atoms with Crippen molar-refractivity contribution in [3.05, 3.63) is 11.6 Å². The molecule has 0 aromatic heterocycles. The van der Waals surface area contributed by atoms with Gasteiger partial charge in [-0.1, -0.05) is 46.3 Å². The Labute approximate surface area is 282 Å². The number of rotatable bonds is 3. The van der Waals surface area contributed by atoms with Gasteiger partial charge in [-0.25, -0.2) is 0 Å². The summed E-state index contributed by atoms with van der Waals surface area (Å²) >= 11 is 0. The standard InChI is InChI=1S/C37H54O11/c1-17-12-37(29-34(7,47-29)30(42)48-37)46-20-13-32(5)22-9-8-21-31(3,4)23(45-28-27(41)26(40)19(39)15-43-28)10-11-35(21)16-36(22,35)14-24(44-18(2)38)33(32,6)25(17)20/h9,17,19-21,23-30,39-42H,8,10-16H2,1-7H3/t17-,19-,20+,21+,23+,24-,25+,26+,27-,28+,29?,30?,32+,33-,34?,35-,36-,37?/m1/s1. The summed E-state index contributed by atoms with van der Waals surface area (Å²) in [5.41, 5.74) is -0.191. The van der Waals surface area contributed by atoms with E-state index in [1.807, 2.05) is 6.92 Å². The Hall–Kier alpha value is -1.15. The fourth-order valence-electron chi connectivity index (χ4n) is 13.8. The average molecular weight is 675 g/mol. The fraction of sp³-hybridized carbons (Fsp3) is 0.919. The molecular formula is C37H54O11. The van der Waals surface area contributed by atoms with E-state index >= 15 is 0 Å². The third kappa shape index (κ3) is 3.69. The van der Waals surface area contributed by atoms with Crippen LogP contribution < -0.4 is 0 Å². The number of aliphatic hydroxyl groups is 4. The summed E-state index contributed by atoms with van der Waals surface area (Å²) in [7, 11) is 0. The van der Waals surface area contributed by atoms with Gasteiger partial charge in [0, 0.05) is 29.6 Å². The average Bonchev–Trinajstić information content (AvgIpc) is 3.84. The first-order valence-electron chi connectivity index (χ1n) is 18.3. The second-order valence-corrected chi connectivity index (χ2v) is 18.5. The minimum absolute atomic E-state index is 0.0364. The van der Waals surface area contributed by atoms with Gasteiger partial charge >= 0.3 is 5.97 Å².